The van der Waals surface area contributed by atoms with E-state index in [9.17, 15) is 4.79 Å². The van der Waals surface area contributed by atoms with Crippen LogP contribution in [0.5, 0.6) is 0 Å². The second-order valence-corrected chi connectivity index (χ2v) is 5.36. The minimum absolute atomic E-state index is 0.167. The van der Waals surface area contributed by atoms with E-state index >= 15 is 0 Å². The first-order valence-electron chi connectivity index (χ1n) is 7.47. The van der Waals surface area contributed by atoms with Crippen molar-refractivity contribution in [1.29, 1.82) is 0 Å². The second kappa shape index (κ2) is 5.54. The van der Waals surface area contributed by atoms with Crippen LogP contribution in [0, 0.1) is 0 Å². The summed E-state index contributed by atoms with van der Waals surface area (Å²) in [6, 6.07) is 25.7. The van der Waals surface area contributed by atoms with Crippen LogP contribution < -0.4 is 5.56 Å². The molecule has 3 aromatic carbocycles. The summed E-state index contributed by atoms with van der Waals surface area (Å²) >= 11 is 0. The van der Waals surface area contributed by atoms with Gasteiger partial charge in [0.15, 0.2) is 0 Å². The van der Waals surface area contributed by atoms with Crippen LogP contribution in [0.15, 0.2) is 83.7 Å². The molecule has 0 radical (unpaired) electrons. The highest BCUT2D eigenvalue weighted by atomic mass is 16.1. The monoisotopic (exact) mass is 298 g/mol. The molecule has 3 heteroatoms. The highest BCUT2D eigenvalue weighted by molar-refractivity contribution is 6.02. The van der Waals surface area contributed by atoms with Gasteiger partial charge in [0.2, 0.25) is 0 Å². The van der Waals surface area contributed by atoms with Gasteiger partial charge in [-0.2, -0.15) is 5.10 Å². The number of H-pyrrole nitrogens is 1. The second-order valence-electron chi connectivity index (χ2n) is 5.36. The van der Waals surface area contributed by atoms with E-state index in [1.165, 1.54) is 0 Å². The smallest absolute Gasteiger partial charge is 0.267 e. The van der Waals surface area contributed by atoms with E-state index in [1.807, 2.05) is 78.9 Å². The van der Waals surface area contributed by atoms with E-state index in [2.05, 4.69) is 10.2 Å². The average Bonchev–Trinajstić information content (AvgIpc) is 2.63. The number of aromatic amines is 1. The number of nitrogens with zero attached hydrogens (tertiary/aromatic N) is 1. The number of aromatic nitrogens is 2. The summed E-state index contributed by atoms with van der Waals surface area (Å²) in [5.74, 6) is 0. The van der Waals surface area contributed by atoms with Gasteiger partial charge in [-0.25, -0.2) is 5.10 Å². The van der Waals surface area contributed by atoms with Gasteiger partial charge in [-0.05, 0) is 11.1 Å². The molecule has 0 spiro atoms. The van der Waals surface area contributed by atoms with Gasteiger partial charge in [-0.15, -0.1) is 0 Å². The van der Waals surface area contributed by atoms with Crippen LogP contribution in [0.3, 0.4) is 0 Å². The molecule has 4 rings (SSSR count). The molecule has 0 aliphatic carbocycles. The first-order valence-corrected chi connectivity index (χ1v) is 7.47. The molecule has 0 atom stereocenters. The van der Waals surface area contributed by atoms with Crippen molar-refractivity contribution in [3.63, 3.8) is 0 Å². The van der Waals surface area contributed by atoms with Crippen LogP contribution in [0.1, 0.15) is 0 Å². The van der Waals surface area contributed by atoms with Crippen LogP contribution in [0.25, 0.3) is 33.2 Å². The van der Waals surface area contributed by atoms with Gasteiger partial charge < -0.3 is 0 Å². The minimum Gasteiger partial charge on any atom is -0.267 e. The van der Waals surface area contributed by atoms with Gasteiger partial charge in [0.25, 0.3) is 5.56 Å². The number of rotatable bonds is 2. The number of hydrogen-bond acceptors (Lipinski definition) is 2. The van der Waals surface area contributed by atoms with Crippen LogP contribution in [-0.4, -0.2) is 10.2 Å². The van der Waals surface area contributed by atoms with Crippen molar-refractivity contribution in [3.05, 3.63) is 89.2 Å². The Morgan fingerprint density at radius 2 is 1.35 bits per heavy atom. The van der Waals surface area contributed by atoms with E-state index in [0.717, 1.165) is 27.8 Å². The van der Waals surface area contributed by atoms with Gasteiger partial charge in [-0.3, -0.25) is 4.79 Å². The molecule has 0 bridgehead atoms. The maximum atomic E-state index is 12.4. The fourth-order valence-electron chi connectivity index (χ4n) is 2.89. The Morgan fingerprint density at radius 3 is 2.04 bits per heavy atom. The number of benzene rings is 3. The third kappa shape index (κ3) is 2.32. The average molecular weight is 298 g/mol. The van der Waals surface area contributed by atoms with Crippen LogP contribution >= 0.6 is 0 Å². The Kier molecular flexibility index (Phi) is 3.24. The zero-order valence-electron chi connectivity index (χ0n) is 12.4. The van der Waals surface area contributed by atoms with Crippen molar-refractivity contribution in [2.45, 2.75) is 0 Å². The first-order chi connectivity index (χ1) is 11.3. The molecule has 4 aromatic rings. The molecule has 23 heavy (non-hydrogen) atoms. The van der Waals surface area contributed by atoms with Crippen LogP contribution in [0.2, 0.25) is 0 Å². The number of fused-ring (bicyclic) bond motifs is 1. The molecule has 0 fully saturated rings. The Hall–Kier alpha value is -3.20. The zero-order valence-corrected chi connectivity index (χ0v) is 12.4. The molecular formula is C20H14N2O. The highest BCUT2D eigenvalue weighted by Crippen LogP contribution is 2.30. The Balaban J connectivity index is 2.08. The molecule has 0 aliphatic heterocycles. The van der Waals surface area contributed by atoms with Crippen molar-refractivity contribution in [2.75, 3.05) is 0 Å². The Morgan fingerprint density at radius 1 is 0.696 bits per heavy atom. The maximum Gasteiger partial charge on any atom is 0.272 e. The summed E-state index contributed by atoms with van der Waals surface area (Å²) in [6.45, 7) is 0. The summed E-state index contributed by atoms with van der Waals surface area (Å²) in [5, 5.41) is 8.46. The van der Waals surface area contributed by atoms with Gasteiger partial charge in [0, 0.05) is 10.9 Å². The zero-order chi connectivity index (χ0) is 15.6. The van der Waals surface area contributed by atoms with Crippen LogP contribution in [-0.2, 0) is 0 Å². The largest absolute Gasteiger partial charge is 0.272 e. The third-order valence-corrected chi connectivity index (χ3v) is 3.95. The van der Waals surface area contributed by atoms with Crippen molar-refractivity contribution < 1.29 is 0 Å². The summed E-state index contributed by atoms with van der Waals surface area (Å²) in [6.07, 6.45) is 0. The molecule has 0 saturated carbocycles. The molecule has 0 aliphatic rings. The molecule has 0 amide bonds. The predicted octanol–water partition coefficient (Wildman–Crippen LogP) is 4.26. The van der Waals surface area contributed by atoms with E-state index in [-0.39, 0.29) is 5.56 Å². The van der Waals surface area contributed by atoms with Crippen LogP contribution in [0.4, 0.5) is 0 Å². The lowest BCUT2D eigenvalue weighted by Crippen LogP contribution is -2.10. The van der Waals surface area contributed by atoms with Gasteiger partial charge in [0.1, 0.15) is 0 Å². The summed E-state index contributed by atoms with van der Waals surface area (Å²) < 4.78 is 0. The van der Waals surface area contributed by atoms with Gasteiger partial charge in [-0.1, -0.05) is 78.9 Å². The fourth-order valence-corrected chi connectivity index (χ4v) is 2.89. The molecule has 3 nitrogen and oxygen atoms in total. The molecule has 0 unspecified atom stereocenters. The molecule has 1 aromatic heterocycles. The summed E-state index contributed by atoms with van der Waals surface area (Å²) in [5.41, 5.74) is 3.55. The molecular weight excluding hydrogens is 284 g/mol. The lowest BCUT2D eigenvalue weighted by molar-refractivity contribution is 1.02. The molecule has 1 heterocycles. The fraction of sp³-hybridized carbons (Fsp3) is 0. The van der Waals surface area contributed by atoms with Crippen molar-refractivity contribution >= 4 is 10.8 Å². The predicted molar refractivity (Wildman–Crippen MR) is 93.2 cm³/mol. The quantitative estimate of drug-likeness (QED) is 0.601. The molecule has 0 saturated heterocycles. The lowest BCUT2D eigenvalue weighted by Gasteiger charge is -2.09. The standard InChI is InChI=1S/C20H14N2O/c23-20-18-16(14-8-3-1-4-9-14)12-7-13-17(18)19(21-22-20)15-10-5-2-6-11-15/h1-13H,(H,22,23). The molecule has 1 N–H and O–H groups in total. The lowest BCUT2D eigenvalue weighted by atomic mass is 9.97. The SMILES string of the molecule is O=c1[nH]nc(-c2ccccc2)c2cccc(-c3ccccc3)c12. The number of hydrogen-bond donors (Lipinski definition) is 1. The van der Waals surface area contributed by atoms with Crippen molar-refractivity contribution in [2.24, 2.45) is 0 Å². The first kappa shape index (κ1) is 13.5. The van der Waals surface area contributed by atoms with E-state index < -0.39 is 0 Å². The van der Waals surface area contributed by atoms with Crippen molar-refractivity contribution in [3.8, 4) is 22.4 Å². The number of nitrogens with one attached hydrogen (secondary N) is 1. The normalized spacial score (nSPS) is 10.8. The Labute approximate surface area is 133 Å². The summed E-state index contributed by atoms with van der Waals surface area (Å²) in [4.78, 5) is 12.4. The van der Waals surface area contributed by atoms with E-state index in [0.29, 0.717) is 5.39 Å². The van der Waals surface area contributed by atoms with E-state index in [4.69, 9.17) is 0 Å². The maximum absolute atomic E-state index is 12.4. The molecule has 110 valence electrons. The van der Waals surface area contributed by atoms with Crippen molar-refractivity contribution in [1.82, 2.24) is 10.2 Å². The minimum atomic E-state index is -0.167. The van der Waals surface area contributed by atoms with Gasteiger partial charge in [0.05, 0.1) is 11.1 Å². The summed E-state index contributed by atoms with van der Waals surface area (Å²) in [7, 11) is 0. The highest BCUT2D eigenvalue weighted by Gasteiger charge is 2.12. The van der Waals surface area contributed by atoms with Gasteiger partial charge >= 0.3 is 0 Å². The topological polar surface area (TPSA) is 45.8 Å². The third-order valence-electron chi connectivity index (χ3n) is 3.95. The van der Waals surface area contributed by atoms with E-state index in [1.54, 1.807) is 0 Å². The Bertz CT molecular complexity index is 1020.